The maximum absolute atomic E-state index is 9.12. The van der Waals surface area contributed by atoms with Gasteiger partial charge in [0.05, 0.1) is 31.8 Å². The number of rotatable bonds is 3. The Labute approximate surface area is 72.4 Å². The monoisotopic (exact) mass is 176 g/mol. The van der Waals surface area contributed by atoms with Gasteiger partial charge < -0.3 is 19.3 Å². The van der Waals surface area contributed by atoms with Gasteiger partial charge in [0.15, 0.2) is 6.29 Å². The lowest BCUT2D eigenvalue weighted by Crippen LogP contribution is -2.46. The van der Waals surface area contributed by atoms with Gasteiger partial charge in [-0.05, 0) is 6.92 Å². The third kappa shape index (κ3) is 2.17. The molecule has 1 fully saturated rings. The maximum Gasteiger partial charge on any atom is 0.154 e. The molecule has 1 saturated heterocycles. The molecule has 1 heterocycles. The molecule has 0 aromatic heterocycles. The Kier molecular flexibility index (Phi) is 3.46. The van der Waals surface area contributed by atoms with Crippen molar-refractivity contribution in [2.75, 3.05) is 33.5 Å². The summed E-state index contributed by atoms with van der Waals surface area (Å²) in [6.45, 7) is 3.34. The van der Waals surface area contributed by atoms with Gasteiger partial charge in [-0.1, -0.05) is 0 Å². The summed E-state index contributed by atoms with van der Waals surface area (Å²) in [6, 6.07) is 0. The van der Waals surface area contributed by atoms with Crippen LogP contribution in [0.5, 0.6) is 0 Å². The van der Waals surface area contributed by atoms with Crippen LogP contribution in [0.1, 0.15) is 6.92 Å². The van der Waals surface area contributed by atoms with Gasteiger partial charge in [0, 0.05) is 7.11 Å². The highest BCUT2D eigenvalue weighted by atomic mass is 16.7. The standard InChI is InChI=1S/C8H16O4/c1-7-11-5-8(3-9,4-10-2)6-12-7/h7,9H,3-6H2,1-2H3. The lowest BCUT2D eigenvalue weighted by molar-refractivity contribution is -0.237. The molecule has 0 amide bonds. The largest absolute Gasteiger partial charge is 0.396 e. The van der Waals surface area contributed by atoms with Crippen LogP contribution in [0.25, 0.3) is 0 Å². The molecule has 1 aliphatic rings. The van der Waals surface area contributed by atoms with Crippen LogP contribution in [0.15, 0.2) is 0 Å². The molecule has 0 aromatic carbocycles. The summed E-state index contributed by atoms with van der Waals surface area (Å²) in [4.78, 5) is 0. The van der Waals surface area contributed by atoms with E-state index in [4.69, 9.17) is 19.3 Å². The molecule has 0 saturated carbocycles. The van der Waals surface area contributed by atoms with Crippen molar-refractivity contribution in [1.29, 1.82) is 0 Å². The quantitative estimate of drug-likeness (QED) is 0.657. The van der Waals surface area contributed by atoms with E-state index in [0.717, 1.165) is 0 Å². The molecule has 1 aliphatic heterocycles. The first kappa shape index (κ1) is 9.92. The third-order valence-electron chi connectivity index (χ3n) is 2.03. The molecule has 1 N–H and O–H groups in total. The maximum atomic E-state index is 9.12. The van der Waals surface area contributed by atoms with E-state index in [9.17, 15) is 0 Å². The van der Waals surface area contributed by atoms with Crippen molar-refractivity contribution in [2.45, 2.75) is 13.2 Å². The van der Waals surface area contributed by atoms with E-state index in [1.807, 2.05) is 6.92 Å². The fourth-order valence-electron chi connectivity index (χ4n) is 1.20. The Balaban J connectivity index is 2.45. The summed E-state index contributed by atoms with van der Waals surface area (Å²) in [7, 11) is 1.61. The second-order valence-corrected chi connectivity index (χ2v) is 3.28. The van der Waals surface area contributed by atoms with Crippen molar-refractivity contribution in [1.82, 2.24) is 0 Å². The Hall–Kier alpha value is -0.160. The van der Waals surface area contributed by atoms with E-state index in [2.05, 4.69) is 0 Å². The molecule has 0 bridgehead atoms. The zero-order valence-corrected chi connectivity index (χ0v) is 7.58. The minimum atomic E-state index is -0.360. The van der Waals surface area contributed by atoms with Gasteiger partial charge in [-0.25, -0.2) is 0 Å². The summed E-state index contributed by atoms with van der Waals surface area (Å²) in [5, 5.41) is 9.12. The predicted octanol–water partition coefficient (Wildman–Crippen LogP) is 0.00430. The minimum absolute atomic E-state index is 0.0353. The van der Waals surface area contributed by atoms with Crippen molar-refractivity contribution >= 4 is 0 Å². The number of aliphatic hydroxyl groups excluding tert-OH is 1. The summed E-state index contributed by atoms with van der Waals surface area (Å²) < 4.78 is 15.5. The highest BCUT2D eigenvalue weighted by Crippen LogP contribution is 2.24. The highest BCUT2D eigenvalue weighted by Gasteiger charge is 2.35. The van der Waals surface area contributed by atoms with Crippen molar-refractivity contribution in [3.8, 4) is 0 Å². The van der Waals surface area contributed by atoms with Crippen LogP contribution in [-0.4, -0.2) is 44.9 Å². The third-order valence-corrected chi connectivity index (χ3v) is 2.03. The molecule has 0 unspecified atom stereocenters. The van der Waals surface area contributed by atoms with Crippen molar-refractivity contribution < 1.29 is 19.3 Å². The lowest BCUT2D eigenvalue weighted by Gasteiger charge is -2.36. The summed E-state index contributed by atoms with van der Waals surface area (Å²) >= 11 is 0. The van der Waals surface area contributed by atoms with Crippen LogP contribution >= 0.6 is 0 Å². The van der Waals surface area contributed by atoms with E-state index in [1.165, 1.54) is 0 Å². The summed E-state index contributed by atoms with van der Waals surface area (Å²) in [5.41, 5.74) is -0.360. The molecule has 12 heavy (non-hydrogen) atoms. The molecular weight excluding hydrogens is 160 g/mol. The van der Waals surface area contributed by atoms with E-state index in [1.54, 1.807) is 7.11 Å². The van der Waals surface area contributed by atoms with Crippen molar-refractivity contribution in [2.24, 2.45) is 5.41 Å². The van der Waals surface area contributed by atoms with Gasteiger partial charge in [0.2, 0.25) is 0 Å². The first-order valence-electron chi connectivity index (χ1n) is 4.05. The van der Waals surface area contributed by atoms with Crippen LogP contribution in [0.2, 0.25) is 0 Å². The van der Waals surface area contributed by atoms with E-state index < -0.39 is 0 Å². The SMILES string of the molecule is COCC1(CO)COC(C)OC1. The van der Waals surface area contributed by atoms with E-state index in [-0.39, 0.29) is 18.3 Å². The Morgan fingerprint density at radius 1 is 1.50 bits per heavy atom. The Morgan fingerprint density at radius 2 is 2.08 bits per heavy atom. The van der Waals surface area contributed by atoms with Gasteiger partial charge in [-0.15, -0.1) is 0 Å². The van der Waals surface area contributed by atoms with E-state index >= 15 is 0 Å². The van der Waals surface area contributed by atoms with Gasteiger partial charge >= 0.3 is 0 Å². The number of methoxy groups -OCH3 is 1. The van der Waals surface area contributed by atoms with Crippen LogP contribution in [0, 0.1) is 5.41 Å². The smallest absolute Gasteiger partial charge is 0.154 e. The van der Waals surface area contributed by atoms with Crippen LogP contribution in [0.4, 0.5) is 0 Å². The number of hydrogen-bond acceptors (Lipinski definition) is 4. The van der Waals surface area contributed by atoms with Crippen molar-refractivity contribution in [3.05, 3.63) is 0 Å². The molecule has 0 aliphatic carbocycles. The molecule has 4 heteroatoms. The van der Waals surface area contributed by atoms with Gasteiger partial charge in [0.1, 0.15) is 0 Å². The molecule has 0 aromatic rings. The number of aliphatic hydroxyl groups is 1. The minimum Gasteiger partial charge on any atom is -0.396 e. The molecular formula is C8H16O4. The molecule has 1 rings (SSSR count). The second-order valence-electron chi connectivity index (χ2n) is 3.28. The van der Waals surface area contributed by atoms with Crippen molar-refractivity contribution in [3.63, 3.8) is 0 Å². The fraction of sp³-hybridized carbons (Fsp3) is 1.00. The molecule has 0 radical (unpaired) electrons. The van der Waals surface area contributed by atoms with Gasteiger partial charge in [-0.3, -0.25) is 0 Å². The highest BCUT2D eigenvalue weighted by molar-refractivity contribution is 4.80. The zero-order chi connectivity index (χ0) is 9.03. The fourth-order valence-corrected chi connectivity index (χ4v) is 1.20. The molecule has 0 spiro atoms. The van der Waals surface area contributed by atoms with E-state index in [0.29, 0.717) is 19.8 Å². The summed E-state index contributed by atoms with van der Waals surface area (Å²) in [6.07, 6.45) is -0.165. The van der Waals surface area contributed by atoms with Crippen LogP contribution < -0.4 is 0 Å². The zero-order valence-electron chi connectivity index (χ0n) is 7.58. The van der Waals surface area contributed by atoms with Crippen LogP contribution in [0.3, 0.4) is 0 Å². The normalized spacial score (nSPS) is 36.8. The first-order valence-corrected chi connectivity index (χ1v) is 4.05. The summed E-state index contributed by atoms with van der Waals surface area (Å²) in [5.74, 6) is 0. The molecule has 0 atom stereocenters. The Bertz CT molecular complexity index is 129. The van der Waals surface area contributed by atoms with Crippen LogP contribution in [-0.2, 0) is 14.2 Å². The Morgan fingerprint density at radius 3 is 2.50 bits per heavy atom. The lowest BCUT2D eigenvalue weighted by atomic mass is 9.92. The number of hydrogen-bond donors (Lipinski definition) is 1. The molecule has 72 valence electrons. The predicted molar refractivity (Wildman–Crippen MR) is 42.8 cm³/mol. The first-order chi connectivity index (χ1) is 5.72. The number of ether oxygens (including phenoxy) is 3. The topological polar surface area (TPSA) is 47.9 Å². The second kappa shape index (κ2) is 4.18. The van der Waals surface area contributed by atoms with Gasteiger partial charge in [-0.2, -0.15) is 0 Å². The average molecular weight is 176 g/mol. The molecule has 4 nitrogen and oxygen atoms in total. The average Bonchev–Trinajstić information content (AvgIpc) is 2.10. The van der Waals surface area contributed by atoms with Gasteiger partial charge in [0.25, 0.3) is 0 Å².